The molecule has 1 unspecified atom stereocenters. The van der Waals surface area contributed by atoms with Crippen LogP contribution in [0, 0.1) is 18.8 Å². The van der Waals surface area contributed by atoms with E-state index in [1.807, 2.05) is 45.0 Å². The van der Waals surface area contributed by atoms with Crippen molar-refractivity contribution in [1.82, 2.24) is 0 Å². The van der Waals surface area contributed by atoms with Gasteiger partial charge in [-0.25, -0.2) is 0 Å². The highest BCUT2D eigenvalue weighted by molar-refractivity contribution is 7.87. The quantitative estimate of drug-likeness (QED) is 0.797. The van der Waals surface area contributed by atoms with Crippen LogP contribution in [0.2, 0.25) is 0 Å². The van der Waals surface area contributed by atoms with Gasteiger partial charge in [0, 0.05) is 11.5 Å². The summed E-state index contributed by atoms with van der Waals surface area (Å²) in [6.45, 7) is 6.26. The third-order valence-corrected chi connectivity index (χ3v) is 6.43. The summed E-state index contributed by atoms with van der Waals surface area (Å²) in [7, 11) is -1.40. The average Bonchev–Trinajstić information content (AvgIpc) is 2.93. The summed E-state index contributed by atoms with van der Waals surface area (Å²) in [5.74, 6) is -0.452. The highest BCUT2D eigenvalue weighted by Crippen LogP contribution is 2.63. The van der Waals surface area contributed by atoms with Crippen molar-refractivity contribution in [3.05, 3.63) is 29.8 Å². The van der Waals surface area contributed by atoms with Crippen molar-refractivity contribution in [2.24, 2.45) is 11.8 Å². The molecule has 4 nitrogen and oxygen atoms in total. The number of ether oxygens (including phenoxy) is 2. The molecule has 1 aliphatic heterocycles. The van der Waals surface area contributed by atoms with Crippen molar-refractivity contribution < 1.29 is 18.5 Å². The molecule has 5 atom stereocenters. The van der Waals surface area contributed by atoms with E-state index in [2.05, 4.69) is 0 Å². The van der Waals surface area contributed by atoms with E-state index in [4.69, 9.17) is 9.47 Å². The Kier molecular flexibility index (Phi) is 3.21. The van der Waals surface area contributed by atoms with Crippen molar-refractivity contribution in [2.75, 3.05) is 6.61 Å². The number of carbonyl (C=O) groups excluding carboxylic acids is 1. The topological polar surface area (TPSA) is 52.6 Å². The van der Waals surface area contributed by atoms with E-state index in [-0.39, 0.29) is 17.8 Å². The molecule has 2 aliphatic rings. The van der Waals surface area contributed by atoms with Crippen LogP contribution < -0.4 is 0 Å². The summed E-state index contributed by atoms with van der Waals surface area (Å²) in [5.41, 5.74) is 1.10. The number of cyclic esters (lactones) is 1. The Bertz CT molecular complexity index is 568. The fraction of sp³-hybridized carbons (Fsp3) is 0.533. The first-order chi connectivity index (χ1) is 9.53. The van der Waals surface area contributed by atoms with Gasteiger partial charge in [-0.2, -0.15) is 0 Å². The van der Waals surface area contributed by atoms with Crippen LogP contribution in [0.25, 0.3) is 0 Å². The molecular weight excluding hydrogens is 276 g/mol. The average molecular weight is 294 g/mol. The number of hydrogen-bond donors (Lipinski definition) is 0. The van der Waals surface area contributed by atoms with Crippen LogP contribution in [0.1, 0.15) is 19.4 Å². The fourth-order valence-electron chi connectivity index (χ4n) is 3.12. The van der Waals surface area contributed by atoms with Gasteiger partial charge in [-0.05, 0) is 31.9 Å². The van der Waals surface area contributed by atoms with Crippen LogP contribution in [0.4, 0.5) is 0 Å². The third kappa shape index (κ3) is 1.69. The maximum Gasteiger partial charge on any atom is 0.328 e. The molecule has 1 saturated heterocycles. The standard InChI is InChI=1S/C15H18O4S/c1-4-18-13-12-10(3)15(12,14(16)19-13)20(17)11-7-5-9(2)6-8-11/h5-8,10,12-13H,4H2,1-3H3/t10-,12+,13-,15-,20?/m0/s1. The van der Waals surface area contributed by atoms with E-state index in [1.165, 1.54) is 0 Å². The number of esters is 1. The van der Waals surface area contributed by atoms with E-state index < -0.39 is 21.8 Å². The second kappa shape index (κ2) is 4.67. The van der Waals surface area contributed by atoms with Crippen molar-refractivity contribution in [3.63, 3.8) is 0 Å². The summed E-state index contributed by atoms with van der Waals surface area (Å²) >= 11 is 0. The summed E-state index contributed by atoms with van der Waals surface area (Å²) in [6, 6.07) is 7.46. The summed E-state index contributed by atoms with van der Waals surface area (Å²) in [5, 5.41) is 0. The SMILES string of the molecule is CCO[C@H]1OC(=O)[C@@]2(S(=O)c3ccc(C)cc3)[C@@H]1[C@@H]2C. The molecule has 1 aromatic rings. The van der Waals surface area contributed by atoms with E-state index in [0.717, 1.165) is 5.56 Å². The Labute approximate surface area is 120 Å². The van der Waals surface area contributed by atoms with Gasteiger partial charge in [0.1, 0.15) is 0 Å². The van der Waals surface area contributed by atoms with Crippen LogP contribution >= 0.6 is 0 Å². The van der Waals surface area contributed by atoms with E-state index in [0.29, 0.717) is 11.5 Å². The number of aryl methyl sites for hydroxylation is 1. The molecule has 1 aromatic carbocycles. The van der Waals surface area contributed by atoms with Gasteiger partial charge in [-0.15, -0.1) is 0 Å². The first kappa shape index (κ1) is 13.8. The number of rotatable bonds is 4. The predicted molar refractivity (Wildman–Crippen MR) is 74.5 cm³/mol. The van der Waals surface area contributed by atoms with Crippen molar-refractivity contribution in [3.8, 4) is 0 Å². The molecule has 108 valence electrons. The van der Waals surface area contributed by atoms with Crippen LogP contribution in [-0.4, -0.2) is 27.8 Å². The predicted octanol–water partition coefficient (Wildman–Crippen LogP) is 2.03. The molecule has 1 heterocycles. The molecule has 1 saturated carbocycles. The highest BCUT2D eigenvalue weighted by Gasteiger charge is 2.80. The first-order valence-electron chi connectivity index (χ1n) is 6.84. The Morgan fingerprint density at radius 1 is 1.35 bits per heavy atom. The Hall–Kier alpha value is -1.20. The number of fused-ring (bicyclic) bond motifs is 1. The normalized spacial score (nSPS) is 36.4. The maximum absolute atomic E-state index is 12.8. The van der Waals surface area contributed by atoms with Crippen LogP contribution in [0.3, 0.4) is 0 Å². The van der Waals surface area contributed by atoms with Crippen LogP contribution in [0.15, 0.2) is 29.2 Å². The largest absolute Gasteiger partial charge is 0.434 e. The summed E-state index contributed by atoms with van der Waals surface area (Å²) in [4.78, 5) is 12.9. The lowest BCUT2D eigenvalue weighted by molar-refractivity contribution is -0.170. The zero-order valence-electron chi connectivity index (χ0n) is 11.8. The van der Waals surface area contributed by atoms with E-state index in [9.17, 15) is 9.00 Å². The second-order valence-corrected chi connectivity index (χ2v) is 7.10. The van der Waals surface area contributed by atoms with Gasteiger partial charge in [0.05, 0.1) is 16.7 Å². The van der Waals surface area contributed by atoms with Crippen molar-refractivity contribution in [2.45, 2.75) is 36.7 Å². The van der Waals surface area contributed by atoms with Gasteiger partial charge in [0.2, 0.25) is 6.29 Å². The third-order valence-electron chi connectivity index (χ3n) is 4.31. The van der Waals surface area contributed by atoms with Gasteiger partial charge in [0.15, 0.2) is 4.75 Å². The molecule has 2 fully saturated rings. The molecule has 0 N–H and O–H groups in total. The lowest BCUT2D eigenvalue weighted by Gasteiger charge is -2.14. The molecule has 0 spiro atoms. The highest BCUT2D eigenvalue weighted by atomic mass is 32.2. The zero-order chi connectivity index (χ0) is 14.5. The second-order valence-electron chi connectivity index (χ2n) is 5.42. The van der Waals surface area contributed by atoms with Gasteiger partial charge in [-0.1, -0.05) is 24.6 Å². The van der Waals surface area contributed by atoms with E-state index >= 15 is 0 Å². The molecule has 0 radical (unpaired) electrons. The van der Waals surface area contributed by atoms with Crippen LogP contribution in [0.5, 0.6) is 0 Å². The molecule has 20 heavy (non-hydrogen) atoms. The monoisotopic (exact) mass is 294 g/mol. The molecular formula is C15H18O4S. The molecule has 1 aliphatic carbocycles. The smallest absolute Gasteiger partial charge is 0.328 e. The minimum Gasteiger partial charge on any atom is -0.434 e. The van der Waals surface area contributed by atoms with Crippen molar-refractivity contribution >= 4 is 16.8 Å². The molecule has 0 bridgehead atoms. The van der Waals surface area contributed by atoms with Gasteiger partial charge in [0.25, 0.3) is 0 Å². The zero-order valence-corrected chi connectivity index (χ0v) is 12.6. The Balaban J connectivity index is 1.92. The minimum absolute atomic E-state index is 0.0300. The Morgan fingerprint density at radius 3 is 2.55 bits per heavy atom. The summed E-state index contributed by atoms with van der Waals surface area (Å²) in [6.07, 6.45) is -0.545. The Morgan fingerprint density at radius 2 is 2.00 bits per heavy atom. The number of hydrogen-bond acceptors (Lipinski definition) is 4. The van der Waals surface area contributed by atoms with Gasteiger partial charge < -0.3 is 9.47 Å². The summed E-state index contributed by atoms with van der Waals surface area (Å²) < 4.78 is 22.6. The number of carbonyl (C=O) groups is 1. The first-order valence-corrected chi connectivity index (χ1v) is 7.99. The van der Waals surface area contributed by atoms with Gasteiger partial charge in [-0.3, -0.25) is 9.00 Å². The maximum atomic E-state index is 12.8. The lowest BCUT2D eigenvalue weighted by Crippen LogP contribution is -2.29. The molecule has 0 aromatic heterocycles. The fourth-order valence-corrected chi connectivity index (χ4v) is 5.07. The van der Waals surface area contributed by atoms with Gasteiger partial charge >= 0.3 is 5.97 Å². The molecule has 3 rings (SSSR count). The minimum atomic E-state index is -1.40. The van der Waals surface area contributed by atoms with Crippen LogP contribution in [-0.2, 0) is 25.1 Å². The number of benzene rings is 1. The molecule has 5 heteroatoms. The van der Waals surface area contributed by atoms with E-state index in [1.54, 1.807) is 0 Å². The van der Waals surface area contributed by atoms with Crippen molar-refractivity contribution in [1.29, 1.82) is 0 Å². The molecule has 0 amide bonds. The lowest BCUT2D eigenvalue weighted by atomic mass is 10.2.